The molecule has 1 heterocycles. The van der Waals surface area contributed by atoms with E-state index in [0.29, 0.717) is 25.1 Å². The number of halogens is 1. The summed E-state index contributed by atoms with van der Waals surface area (Å²) in [6.45, 7) is 2.79. The molecular weight excluding hydrogens is 298 g/mol. The van der Waals surface area contributed by atoms with Gasteiger partial charge >= 0.3 is 5.97 Å². The van der Waals surface area contributed by atoms with E-state index in [1.165, 1.54) is 0 Å². The van der Waals surface area contributed by atoms with Gasteiger partial charge in [-0.3, -0.25) is 4.79 Å². The number of carbonyl (C=O) groups is 2. The average Bonchev–Trinajstić information content (AvgIpc) is 2.69. The molecule has 1 aromatic carbocycles. The van der Waals surface area contributed by atoms with Crippen LogP contribution in [0.3, 0.4) is 0 Å². The highest BCUT2D eigenvalue weighted by Gasteiger charge is 2.28. The van der Waals surface area contributed by atoms with Gasteiger partial charge in [0.25, 0.3) is 0 Å². The van der Waals surface area contributed by atoms with E-state index in [4.69, 9.17) is 4.74 Å². The predicted molar refractivity (Wildman–Crippen MR) is 72.1 cm³/mol. The Morgan fingerprint density at radius 2 is 2.11 bits per heavy atom. The molecule has 1 aromatic rings. The summed E-state index contributed by atoms with van der Waals surface area (Å²) >= 11 is 3.44. The van der Waals surface area contributed by atoms with Gasteiger partial charge in [-0.05, 0) is 31.2 Å². The molecule has 0 spiro atoms. The number of nitrogens with zero attached hydrogens (tertiary/aromatic N) is 1. The summed E-state index contributed by atoms with van der Waals surface area (Å²) in [6.07, 6.45) is 0.514. The third-order valence-electron chi connectivity index (χ3n) is 2.77. The Labute approximate surface area is 114 Å². The smallest absolute Gasteiger partial charge is 0.338 e. The molecule has 1 aliphatic rings. The van der Waals surface area contributed by atoms with Gasteiger partial charge in [-0.2, -0.15) is 0 Å². The molecule has 0 radical (unpaired) electrons. The van der Waals surface area contributed by atoms with Crippen molar-refractivity contribution in [3.05, 3.63) is 29.8 Å². The number of amides is 1. The van der Waals surface area contributed by atoms with Gasteiger partial charge in [0.15, 0.2) is 0 Å². The lowest BCUT2D eigenvalue weighted by Crippen LogP contribution is -2.24. The second kappa shape index (κ2) is 5.52. The number of alkyl halides is 1. The Hall–Kier alpha value is -1.36. The van der Waals surface area contributed by atoms with Gasteiger partial charge in [-0.25, -0.2) is 4.79 Å². The van der Waals surface area contributed by atoms with Crippen LogP contribution in [0.15, 0.2) is 24.3 Å². The van der Waals surface area contributed by atoms with Crippen LogP contribution in [0.2, 0.25) is 0 Å². The van der Waals surface area contributed by atoms with Gasteiger partial charge in [-0.15, -0.1) is 0 Å². The van der Waals surface area contributed by atoms with Crippen LogP contribution in [0.1, 0.15) is 23.7 Å². The first-order chi connectivity index (χ1) is 8.61. The topological polar surface area (TPSA) is 46.6 Å². The molecule has 1 atom stereocenters. The molecule has 2 rings (SSSR count). The summed E-state index contributed by atoms with van der Waals surface area (Å²) in [5.74, 6) is -0.240. The molecule has 18 heavy (non-hydrogen) atoms. The number of hydrogen-bond donors (Lipinski definition) is 0. The van der Waals surface area contributed by atoms with E-state index in [2.05, 4.69) is 15.9 Å². The van der Waals surface area contributed by atoms with E-state index in [1.807, 2.05) is 0 Å². The average molecular weight is 312 g/mol. The quantitative estimate of drug-likeness (QED) is 0.636. The molecule has 0 aliphatic carbocycles. The zero-order chi connectivity index (χ0) is 13.1. The van der Waals surface area contributed by atoms with Crippen molar-refractivity contribution in [1.82, 2.24) is 0 Å². The van der Waals surface area contributed by atoms with Gasteiger partial charge in [0, 0.05) is 23.5 Å². The van der Waals surface area contributed by atoms with Crippen LogP contribution in [-0.4, -0.2) is 29.9 Å². The maximum absolute atomic E-state index is 11.7. The van der Waals surface area contributed by atoms with Crippen LogP contribution in [0.4, 0.5) is 5.69 Å². The lowest BCUT2D eigenvalue weighted by Gasteiger charge is -2.16. The van der Waals surface area contributed by atoms with Gasteiger partial charge in [0.2, 0.25) is 5.91 Å². The molecule has 0 saturated carbocycles. The Morgan fingerprint density at radius 1 is 1.44 bits per heavy atom. The van der Waals surface area contributed by atoms with Crippen LogP contribution >= 0.6 is 15.9 Å². The van der Waals surface area contributed by atoms with Gasteiger partial charge in [0.1, 0.15) is 0 Å². The maximum Gasteiger partial charge on any atom is 0.338 e. The highest BCUT2D eigenvalue weighted by molar-refractivity contribution is 9.09. The Kier molecular flexibility index (Phi) is 4.01. The Balaban J connectivity index is 2.13. The molecule has 0 aromatic heterocycles. The molecule has 0 bridgehead atoms. The number of rotatable bonds is 3. The van der Waals surface area contributed by atoms with Crippen LogP contribution in [0.5, 0.6) is 0 Å². The lowest BCUT2D eigenvalue weighted by atomic mass is 10.2. The van der Waals surface area contributed by atoms with Crippen molar-refractivity contribution >= 4 is 33.5 Å². The normalized spacial score (nSPS) is 19.1. The monoisotopic (exact) mass is 311 g/mol. The first-order valence-electron chi connectivity index (χ1n) is 5.83. The first kappa shape index (κ1) is 13.1. The number of carbonyl (C=O) groups excluding carboxylic acids is 2. The summed E-state index contributed by atoms with van der Waals surface area (Å²) in [5, 5.41) is 0. The number of benzene rings is 1. The number of hydrogen-bond acceptors (Lipinski definition) is 3. The molecule has 1 amide bonds. The summed E-state index contributed by atoms with van der Waals surface area (Å²) in [7, 11) is 0. The summed E-state index contributed by atoms with van der Waals surface area (Å²) in [4.78, 5) is 25.1. The van der Waals surface area contributed by atoms with E-state index < -0.39 is 0 Å². The zero-order valence-electron chi connectivity index (χ0n) is 10.1. The van der Waals surface area contributed by atoms with E-state index in [1.54, 1.807) is 36.1 Å². The highest BCUT2D eigenvalue weighted by Crippen LogP contribution is 2.25. The van der Waals surface area contributed by atoms with Crippen molar-refractivity contribution in [2.24, 2.45) is 0 Å². The molecule has 96 valence electrons. The second-order valence-corrected chi connectivity index (χ2v) is 5.37. The predicted octanol–water partition coefficient (Wildman–Crippen LogP) is 2.36. The molecule has 1 unspecified atom stereocenters. The maximum atomic E-state index is 11.7. The second-order valence-electron chi connectivity index (χ2n) is 4.07. The molecule has 0 N–H and O–H groups in total. The van der Waals surface area contributed by atoms with Crippen molar-refractivity contribution in [2.45, 2.75) is 18.2 Å². The first-order valence-corrected chi connectivity index (χ1v) is 6.75. The van der Waals surface area contributed by atoms with Gasteiger partial charge in [0.05, 0.1) is 12.2 Å². The van der Waals surface area contributed by atoms with Crippen molar-refractivity contribution in [3.63, 3.8) is 0 Å². The van der Waals surface area contributed by atoms with E-state index >= 15 is 0 Å². The fourth-order valence-corrected chi connectivity index (χ4v) is 2.47. The Bertz CT molecular complexity index is 458. The third-order valence-corrected chi connectivity index (χ3v) is 3.38. The highest BCUT2D eigenvalue weighted by atomic mass is 79.9. The molecule has 5 heteroatoms. The molecule has 1 saturated heterocycles. The zero-order valence-corrected chi connectivity index (χ0v) is 11.6. The fourth-order valence-electron chi connectivity index (χ4n) is 1.91. The Morgan fingerprint density at radius 3 is 2.61 bits per heavy atom. The van der Waals surface area contributed by atoms with Gasteiger partial charge in [-0.1, -0.05) is 15.9 Å². The van der Waals surface area contributed by atoms with Crippen LogP contribution in [-0.2, 0) is 9.53 Å². The number of ether oxygens (including phenoxy) is 1. The minimum absolute atomic E-state index is 0.0979. The molecule has 4 nitrogen and oxygen atoms in total. The van der Waals surface area contributed by atoms with Crippen molar-refractivity contribution in [1.29, 1.82) is 0 Å². The van der Waals surface area contributed by atoms with Crippen LogP contribution < -0.4 is 4.90 Å². The standard InChI is InChI=1S/C13H14BrNO3/c1-2-18-13(17)9-3-5-11(6-4-9)15-8-10(14)7-12(15)16/h3-6,10H,2,7-8H2,1H3. The summed E-state index contributed by atoms with van der Waals surface area (Å²) < 4.78 is 4.90. The van der Waals surface area contributed by atoms with Gasteiger partial charge < -0.3 is 9.64 Å². The van der Waals surface area contributed by atoms with Crippen LogP contribution in [0, 0.1) is 0 Å². The van der Waals surface area contributed by atoms with Crippen molar-refractivity contribution in [3.8, 4) is 0 Å². The minimum atomic E-state index is -0.338. The SMILES string of the molecule is CCOC(=O)c1ccc(N2CC(Br)CC2=O)cc1. The van der Waals surface area contributed by atoms with Crippen molar-refractivity contribution < 1.29 is 14.3 Å². The van der Waals surface area contributed by atoms with E-state index in [-0.39, 0.29) is 16.7 Å². The molecule has 1 aliphatic heterocycles. The largest absolute Gasteiger partial charge is 0.462 e. The van der Waals surface area contributed by atoms with E-state index in [9.17, 15) is 9.59 Å². The number of anilines is 1. The van der Waals surface area contributed by atoms with Crippen molar-refractivity contribution in [2.75, 3.05) is 18.1 Å². The number of esters is 1. The third kappa shape index (κ3) is 2.72. The molecular formula is C13H14BrNO3. The summed E-state index contributed by atoms with van der Waals surface area (Å²) in [6, 6.07) is 6.91. The van der Waals surface area contributed by atoms with Crippen LogP contribution in [0.25, 0.3) is 0 Å². The minimum Gasteiger partial charge on any atom is -0.462 e. The van der Waals surface area contributed by atoms with E-state index in [0.717, 1.165) is 5.69 Å². The molecule has 1 fully saturated rings. The lowest BCUT2D eigenvalue weighted by molar-refractivity contribution is -0.117. The fraction of sp³-hybridized carbons (Fsp3) is 0.385. The summed E-state index contributed by atoms with van der Waals surface area (Å²) in [5.41, 5.74) is 1.32.